The van der Waals surface area contributed by atoms with Crippen molar-refractivity contribution in [2.45, 2.75) is 19.3 Å². The van der Waals surface area contributed by atoms with Crippen molar-refractivity contribution >= 4 is 22.8 Å². The van der Waals surface area contributed by atoms with Gasteiger partial charge in [-0.05, 0) is 30.9 Å². The number of fused-ring (bicyclic) bond motifs is 1. The monoisotopic (exact) mass is 286 g/mol. The van der Waals surface area contributed by atoms with Gasteiger partial charge in [0.15, 0.2) is 0 Å². The first-order valence-corrected chi connectivity index (χ1v) is 7.22. The van der Waals surface area contributed by atoms with Crippen LogP contribution in [0.5, 0.6) is 0 Å². The molecule has 2 unspecified atom stereocenters. The first-order chi connectivity index (χ1) is 10.2. The van der Waals surface area contributed by atoms with E-state index in [9.17, 15) is 9.59 Å². The van der Waals surface area contributed by atoms with Crippen LogP contribution in [-0.4, -0.2) is 28.5 Å². The summed E-state index contributed by atoms with van der Waals surface area (Å²) in [6.07, 6.45) is 4.22. The third-order valence-electron chi connectivity index (χ3n) is 4.04. The van der Waals surface area contributed by atoms with Gasteiger partial charge in [-0.2, -0.15) is 0 Å². The number of carboxylic acids is 1. The number of benzene rings is 1. The van der Waals surface area contributed by atoms with Gasteiger partial charge in [0.05, 0.1) is 11.8 Å². The Morgan fingerprint density at radius 3 is 2.86 bits per heavy atom. The van der Waals surface area contributed by atoms with Crippen LogP contribution in [-0.2, 0) is 16.0 Å². The number of aromatic amines is 1. The van der Waals surface area contributed by atoms with E-state index in [2.05, 4.69) is 16.4 Å². The molecule has 0 bridgehead atoms. The Morgan fingerprint density at radius 2 is 2.10 bits per heavy atom. The maximum atomic E-state index is 11.7. The number of nitrogens with one attached hydrogen (secondary N) is 2. The molecule has 1 saturated carbocycles. The molecule has 5 heteroatoms. The van der Waals surface area contributed by atoms with E-state index in [1.807, 2.05) is 24.4 Å². The molecule has 0 spiro atoms. The second-order valence-electron chi connectivity index (χ2n) is 5.54. The van der Waals surface area contributed by atoms with Gasteiger partial charge in [-0.25, -0.2) is 0 Å². The van der Waals surface area contributed by atoms with Crippen molar-refractivity contribution in [2.75, 3.05) is 6.54 Å². The van der Waals surface area contributed by atoms with Crippen molar-refractivity contribution < 1.29 is 14.7 Å². The van der Waals surface area contributed by atoms with E-state index in [1.54, 1.807) is 0 Å². The number of carbonyl (C=O) groups excluding carboxylic acids is 1. The predicted octanol–water partition coefficient (Wildman–Crippen LogP) is 1.94. The fourth-order valence-electron chi connectivity index (χ4n) is 2.72. The molecular formula is C16H18N2O3. The number of hydrogen-bond donors (Lipinski definition) is 3. The Morgan fingerprint density at radius 1 is 1.29 bits per heavy atom. The van der Waals surface area contributed by atoms with Gasteiger partial charge in [0, 0.05) is 23.6 Å². The summed E-state index contributed by atoms with van der Waals surface area (Å²) in [5.41, 5.74) is 2.37. The lowest BCUT2D eigenvalue weighted by Crippen LogP contribution is -2.27. The zero-order valence-corrected chi connectivity index (χ0v) is 11.6. The quantitative estimate of drug-likeness (QED) is 0.710. The van der Waals surface area contributed by atoms with Crippen LogP contribution >= 0.6 is 0 Å². The molecule has 110 valence electrons. The summed E-state index contributed by atoms with van der Waals surface area (Å²) in [5.74, 6) is -1.79. The first-order valence-electron chi connectivity index (χ1n) is 7.22. The lowest BCUT2D eigenvalue weighted by Gasteiger charge is -2.04. The van der Waals surface area contributed by atoms with Gasteiger partial charge in [-0.1, -0.05) is 18.2 Å². The minimum atomic E-state index is -0.867. The summed E-state index contributed by atoms with van der Waals surface area (Å²) >= 11 is 0. The Kier molecular flexibility index (Phi) is 3.64. The van der Waals surface area contributed by atoms with E-state index in [1.165, 1.54) is 10.9 Å². The van der Waals surface area contributed by atoms with E-state index in [0.717, 1.165) is 18.4 Å². The molecule has 0 radical (unpaired) electrons. The highest BCUT2D eigenvalue weighted by Crippen LogP contribution is 2.38. The van der Waals surface area contributed by atoms with E-state index in [4.69, 9.17) is 5.11 Å². The largest absolute Gasteiger partial charge is 0.481 e. The number of aliphatic carboxylic acids is 1. The Labute approximate surface area is 122 Å². The van der Waals surface area contributed by atoms with Crippen LogP contribution in [0.15, 0.2) is 30.5 Å². The van der Waals surface area contributed by atoms with Crippen LogP contribution in [0, 0.1) is 11.8 Å². The van der Waals surface area contributed by atoms with Gasteiger partial charge in [-0.15, -0.1) is 0 Å². The summed E-state index contributed by atoms with van der Waals surface area (Å²) in [6.45, 7) is 0.585. The standard InChI is InChI=1S/C16H18N2O3/c19-15(12-8-13(12)16(20)21)17-7-3-4-10-9-18-14-6-2-1-5-11(10)14/h1-2,5-6,9,12-13,18H,3-4,7-8H2,(H,17,19)(H,20,21). The lowest BCUT2D eigenvalue weighted by atomic mass is 10.1. The third-order valence-corrected chi connectivity index (χ3v) is 4.04. The highest BCUT2D eigenvalue weighted by atomic mass is 16.4. The summed E-state index contributed by atoms with van der Waals surface area (Å²) in [5, 5.41) is 12.8. The molecule has 1 aliphatic carbocycles. The smallest absolute Gasteiger partial charge is 0.307 e. The maximum Gasteiger partial charge on any atom is 0.307 e. The fourth-order valence-corrected chi connectivity index (χ4v) is 2.72. The number of H-pyrrole nitrogens is 1. The molecule has 2 atom stereocenters. The van der Waals surface area contributed by atoms with Crippen molar-refractivity contribution in [3.8, 4) is 0 Å². The molecule has 3 rings (SSSR count). The molecule has 2 aromatic rings. The zero-order chi connectivity index (χ0) is 14.8. The van der Waals surface area contributed by atoms with Crippen LogP contribution in [0.2, 0.25) is 0 Å². The molecule has 1 heterocycles. The topological polar surface area (TPSA) is 82.2 Å². The predicted molar refractivity (Wildman–Crippen MR) is 78.9 cm³/mol. The molecule has 21 heavy (non-hydrogen) atoms. The molecule has 1 aromatic carbocycles. The highest BCUT2D eigenvalue weighted by molar-refractivity contribution is 5.89. The van der Waals surface area contributed by atoms with E-state index >= 15 is 0 Å². The summed E-state index contributed by atoms with van der Waals surface area (Å²) in [7, 11) is 0. The first kappa shape index (κ1) is 13.7. The summed E-state index contributed by atoms with van der Waals surface area (Å²) in [6, 6.07) is 8.14. The fraction of sp³-hybridized carbons (Fsp3) is 0.375. The maximum absolute atomic E-state index is 11.7. The normalized spacial score (nSPS) is 20.4. The second-order valence-corrected chi connectivity index (χ2v) is 5.54. The number of amides is 1. The van der Waals surface area contributed by atoms with Crippen LogP contribution in [0.4, 0.5) is 0 Å². The zero-order valence-electron chi connectivity index (χ0n) is 11.6. The van der Waals surface area contributed by atoms with Crippen molar-refractivity contribution in [3.05, 3.63) is 36.0 Å². The molecule has 0 saturated heterocycles. The van der Waals surface area contributed by atoms with Crippen molar-refractivity contribution in [1.29, 1.82) is 0 Å². The van der Waals surface area contributed by atoms with Crippen LogP contribution in [0.3, 0.4) is 0 Å². The molecule has 1 fully saturated rings. The van der Waals surface area contributed by atoms with Gasteiger partial charge >= 0.3 is 5.97 Å². The van der Waals surface area contributed by atoms with Gasteiger partial charge in [-0.3, -0.25) is 9.59 Å². The number of rotatable bonds is 6. The van der Waals surface area contributed by atoms with Crippen LogP contribution in [0.25, 0.3) is 10.9 Å². The van der Waals surface area contributed by atoms with E-state index < -0.39 is 11.9 Å². The van der Waals surface area contributed by atoms with E-state index in [0.29, 0.717) is 13.0 Å². The third kappa shape index (κ3) is 2.91. The van der Waals surface area contributed by atoms with Crippen molar-refractivity contribution in [2.24, 2.45) is 11.8 Å². The number of carbonyl (C=O) groups is 2. The molecule has 1 aromatic heterocycles. The molecular weight excluding hydrogens is 268 g/mol. The average molecular weight is 286 g/mol. The number of hydrogen-bond acceptors (Lipinski definition) is 2. The van der Waals surface area contributed by atoms with Gasteiger partial charge in [0.1, 0.15) is 0 Å². The molecule has 5 nitrogen and oxygen atoms in total. The SMILES string of the molecule is O=C(O)C1CC1C(=O)NCCCc1c[nH]c2ccccc12. The van der Waals surface area contributed by atoms with Gasteiger partial charge in [0.2, 0.25) is 5.91 Å². The Bertz CT molecular complexity index is 677. The highest BCUT2D eigenvalue weighted by Gasteiger charge is 2.48. The van der Waals surface area contributed by atoms with Gasteiger partial charge < -0.3 is 15.4 Å². The van der Waals surface area contributed by atoms with E-state index in [-0.39, 0.29) is 11.8 Å². The molecule has 0 aliphatic heterocycles. The average Bonchev–Trinajstić information content (AvgIpc) is 3.19. The number of carboxylic acid groups (broad SMARTS) is 1. The minimum absolute atomic E-state index is 0.124. The lowest BCUT2D eigenvalue weighted by molar-refractivity contribution is -0.140. The second kappa shape index (κ2) is 5.60. The number of aromatic nitrogens is 1. The Balaban J connectivity index is 1.45. The number of aryl methyl sites for hydroxylation is 1. The molecule has 1 aliphatic rings. The summed E-state index contributed by atoms with van der Waals surface area (Å²) < 4.78 is 0. The number of para-hydroxylation sites is 1. The van der Waals surface area contributed by atoms with Crippen molar-refractivity contribution in [3.63, 3.8) is 0 Å². The van der Waals surface area contributed by atoms with Crippen LogP contribution < -0.4 is 5.32 Å². The van der Waals surface area contributed by atoms with Crippen molar-refractivity contribution in [1.82, 2.24) is 10.3 Å². The molecule has 3 N–H and O–H groups in total. The van der Waals surface area contributed by atoms with Gasteiger partial charge in [0.25, 0.3) is 0 Å². The molecule has 1 amide bonds. The Hall–Kier alpha value is -2.30. The summed E-state index contributed by atoms with van der Waals surface area (Å²) in [4.78, 5) is 25.6. The minimum Gasteiger partial charge on any atom is -0.481 e. The van der Waals surface area contributed by atoms with Crippen LogP contribution in [0.1, 0.15) is 18.4 Å².